The molecule has 1 saturated heterocycles. The maximum absolute atomic E-state index is 15.1. The molecule has 4 aromatic rings. The second-order valence-corrected chi connectivity index (χ2v) is 14.1. The molecule has 49 heavy (non-hydrogen) atoms. The number of amides is 2. The van der Waals surface area contributed by atoms with Crippen molar-refractivity contribution in [3.63, 3.8) is 0 Å². The Morgan fingerprint density at radius 1 is 0.837 bits per heavy atom. The van der Waals surface area contributed by atoms with Gasteiger partial charge < -0.3 is 9.84 Å². The fourth-order valence-corrected chi connectivity index (χ4v) is 9.22. The number of allylic oxidation sites excluding steroid dienone is 4. The molecule has 4 aromatic carbocycles. The number of nitrogens with zero attached hydrogens (tertiary/aromatic N) is 1. The number of carbonyl (C=O) groups is 4. The Morgan fingerprint density at radius 2 is 1.53 bits per heavy atom. The van der Waals surface area contributed by atoms with Crippen molar-refractivity contribution in [1.29, 1.82) is 0 Å². The van der Waals surface area contributed by atoms with Crippen LogP contribution in [0.2, 0.25) is 0 Å². The summed E-state index contributed by atoms with van der Waals surface area (Å²) < 4.78 is 6.23. The zero-order chi connectivity index (χ0) is 34.0. The summed E-state index contributed by atoms with van der Waals surface area (Å²) >= 11 is 3.43. The Labute approximate surface area is 292 Å². The number of methoxy groups -OCH3 is 1. The van der Waals surface area contributed by atoms with E-state index in [1.54, 1.807) is 36.4 Å². The summed E-state index contributed by atoms with van der Waals surface area (Å²) in [5.41, 5.74) is 1.95. The van der Waals surface area contributed by atoms with Gasteiger partial charge in [-0.15, -0.1) is 0 Å². The molecule has 8 heteroatoms. The number of phenols is 1. The van der Waals surface area contributed by atoms with Crippen molar-refractivity contribution in [2.75, 3.05) is 12.0 Å². The summed E-state index contributed by atoms with van der Waals surface area (Å²) in [6.45, 7) is 0. The molecule has 0 aromatic heterocycles. The molecule has 0 bridgehead atoms. The Balaban J connectivity index is 1.36. The number of rotatable bonds is 5. The fourth-order valence-electron chi connectivity index (χ4n) is 8.96. The van der Waals surface area contributed by atoms with Gasteiger partial charge in [0.05, 0.1) is 30.0 Å². The molecule has 1 saturated carbocycles. The van der Waals surface area contributed by atoms with Gasteiger partial charge in [-0.3, -0.25) is 24.1 Å². The van der Waals surface area contributed by atoms with E-state index in [2.05, 4.69) is 15.9 Å². The number of phenolic OH excluding ortho intramolecular Hbond substituents is 1. The number of ether oxygens (including phenoxy) is 1. The second kappa shape index (κ2) is 11.8. The molecule has 2 fully saturated rings. The van der Waals surface area contributed by atoms with Gasteiger partial charge in [-0.05, 0) is 66.3 Å². The summed E-state index contributed by atoms with van der Waals surface area (Å²) in [4.78, 5) is 59.8. The SMILES string of the molecule is COc1ccc(C2C3=CCC4C(=O)N(c5ccc(Br)cc5)C(=O)C4C3CC3C(=O)C(c4ccccc4)=CC(=O)C32c2ccccc2)c(O)c1. The van der Waals surface area contributed by atoms with E-state index in [0.717, 1.165) is 10.0 Å². The molecule has 8 rings (SSSR count). The van der Waals surface area contributed by atoms with Gasteiger partial charge in [-0.1, -0.05) is 94.3 Å². The van der Waals surface area contributed by atoms with E-state index in [1.165, 1.54) is 24.2 Å². The average molecular weight is 715 g/mol. The van der Waals surface area contributed by atoms with Gasteiger partial charge in [-0.2, -0.15) is 0 Å². The van der Waals surface area contributed by atoms with Crippen molar-refractivity contribution in [2.24, 2.45) is 23.7 Å². The highest BCUT2D eigenvalue weighted by Gasteiger charge is 2.66. The Kier molecular flexibility index (Phi) is 7.52. The first-order valence-corrected chi connectivity index (χ1v) is 17.2. The van der Waals surface area contributed by atoms with Crippen molar-refractivity contribution in [3.05, 3.63) is 142 Å². The van der Waals surface area contributed by atoms with E-state index in [1.807, 2.05) is 66.7 Å². The van der Waals surface area contributed by atoms with Crippen molar-refractivity contribution in [3.8, 4) is 11.5 Å². The number of imide groups is 1. The van der Waals surface area contributed by atoms with Crippen LogP contribution >= 0.6 is 15.9 Å². The fraction of sp³-hybridized carbons (Fsp3) is 0.220. The number of hydrogen-bond donors (Lipinski definition) is 1. The molecule has 6 atom stereocenters. The summed E-state index contributed by atoms with van der Waals surface area (Å²) in [5.74, 6) is -4.24. The maximum Gasteiger partial charge on any atom is 0.238 e. The number of benzene rings is 4. The molecular formula is C41H32BrNO6. The summed E-state index contributed by atoms with van der Waals surface area (Å²) in [5, 5.41) is 11.6. The molecule has 2 amide bonds. The lowest BCUT2D eigenvalue weighted by Crippen LogP contribution is -2.58. The van der Waals surface area contributed by atoms with Crippen LogP contribution in [0, 0.1) is 23.7 Å². The van der Waals surface area contributed by atoms with Gasteiger partial charge in [0.15, 0.2) is 11.6 Å². The minimum atomic E-state index is -1.42. The lowest BCUT2D eigenvalue weighted by atomic mass is 9.44. The van der Waals surface area contributed by atoms with E-state index in [0.29, 0.717) is 40.1 Å². The lowest BCUT2D eigenvalue weighted by molar-refractivity contribution is -0.135. The molecule has 3 aliphatic carbocycles. The molecule has 0 radical (unpaired) electrons. The standard InChI is InChI=1S/C41H32BrNO6/c1-49-27-16-17-29(34(44)20-27)37-28-18-19-30-36(40(48)43(39(30)47)26-14-12-25(42)13-15-26)32(28)21-33-38(46)31(23-8-4-2-5-9-23)22-35(45)41(33,37)24-10-6-3-7-11-24/h2-18,20,22,30,32-33,36-37,44H,19,21H2,1H3. The molecule has 0 spiro atoms. The van der Waals surface area contributed by atoms with E-state index in [-0.39, 0.29) is 35.6 Å². The van der Waals surface area contributed by atoms with Gasteiger partial charge >= 0.3 is 0 Å². The predicted octanol–water partition coefficient (Wildman–Crippen LogP) is 7.19. The van der Waals surface area contributed by atoms with E-state index < -0.39 is 35.0 Å². The summed E-state index contributed by atoms with van der Waals surface area (Å²) in [6, 6.07) is 30.5. The van der Waals surface area contributed by atoms with Crippen LogP contribution in [0.3, 0.4) is 0 Å². The molecule has 6 unspecified atom stereocenters. The third-order valence-electron chi connectivity index (χ3n) is 11.0. The van der Waals surface area contributed by atoms with E-state index >= 15 is 4.79 Å². The summed E-state index contributed by atoms with van der Waals surface area (Å²) in [6.07, 6.45) is 3.95. The van der Waals surface area contributed by atoms with Crippen molar-refractivity contribution in [1.82, 2.24) is 0 Å². The second-order valence-electron chi connectivity index (χ2n) is 13.2. The van der Waals surface area contributed by atoms with Crippen LogP contribution in [0.25, 0.3) is 5.57 Å². The van der Waals surface area contributed by atoms with Crippen LogP contribution in [0.15, 0.2) is 125 Å². The first-order valence-electron chi connectivity index (χ1n) is 16.4. The van der Waals surface area contributed by atoms with Crippen LogP contribution in [0.5, 0.6) is 11.5 Å². The van der Waals surface area contributed by atoms with Gasteiger partial charge in [0.25, 0.3) is 0 Å². The molecule has 7 nitrogen and oxygen atoms in total. The third kappa shape index (κ3) is 4.61. The van der Waals surface area contributed by atoms with Crippen LogP contribution in [-0.2, 0) is 24.6 Å². The van der Waals surface area contributed by atoms with Crippen LogP contribution < -0.4 is 9.64 Å². The number of hydrogen-bond acceptors (Lipinski definition) is 6. The minimum absolute atomic E-state index is 0.0783. The van der Waals surface area contributed by atoms with Crippen LogP contribution in [0.4, 0.5) is 5.69 Å². The number of anilines is 1. The van der Waals surface area contributed by atoms with Crippen molar-refractivity contribution < 1.29 is 29.0 Å². The predicted molar refractivity (Wildman–Crippen MR) is 188 cm³/mol. The Hall–Kier alpha value is -5.08. The smallest absolute Gasteiger partial charge is 0.238 e. The highest BCUT2D eigenvalue weighted by molar-refractivity contribution is 9.10. The topological polar surface area (TPSA) is 101 Å². The quantitative estimate of drug-likeness (QED) is 0.174. The van der Waals surface area contributed by atoms with Crippen LogP contribution in [0.1, 0.15) is 35.4 Å². The largest absolute Gasteiger partial charge is 0.508 e. The van der Waals surface area contributed by atoms with E-state index in [9.17, 15) is 19.5 Å². The number of Topliss-reactive ketones (excluding diaryl/α,β-unsaturated/α-hetero) is 1. The Bertz CT molecular complexity index is 2090. The molecule has 1 aliphatic heterocycles. The highest BCUT2D eigenvalue weighted by Crippen LogP contribution is 2.64. The number of ketones is 2. The van der Waals surface area contributed by atoms with Gasteiger partial charge in [0.1, 0.15) is 11.5 Å². The first-order chi connectivity index (χ1) is 23.7. The number of fused-ring (bicyclic) bond motifs is 4. The highest BCUT2D eigenvalue weighted by atomic mass is 79.9. The molecule has 1 N–H and O–H groups in total. The molecular weight excluding hydrogens is 682 g/mol. The monoisotopic (exact) mass is 713 g/mol. The number of aromatic hydroxyl groups is 1. The Morgan fingerprint density at radius 3 is 2.20 bits per heavy atom. The van der Waals surface area contributed by atoms with Gasteiger partial charge in [-0.25, -0.2) is 0 Å². The lowest BCUT2D eigenvalue weighted by Gasteiger charge is -2.55. The minimum Gasteiger partial charge on any atom is -0.508 e. The van der Waals surface area contributed by atoms with Crippen molar-refractivity contribution >= 4 is 50.6 Å². The molecule has 4 aliphatic rings. The third-order valence-corrected chi connectivity index (χ3v) is 11.5. The zero-order valence-electron chi connectivity index (χ0n) is 26.6. The first kappa shape index (κ1) is 31.2. The zero-order valence-corrected chi connectivity index (χ0v) is 28.2. The number of halogens is 1. The average Bonchev–Trinajstić information content (AvgIpc) is 3.39. The van der Waals surface area contributed by atoms with Gasteiger partial charge in [0.2, 0.25) is 11.8 Å². The maximum atomic E-state index is 15.1. The summed E-state index contributed by atoms with van der Waals surface area (Å²) in [7, 11) is 1.51. The van der Waals surface area contributed by atoms with E-state index in [4.69, 9.17) is 4.74 Å². The molecule has 244 valence electrons. The van der Waals surface area contributed by atoms with Crippen LogP contribution in [-0.4, -0.2) is 35.6 Å². The normalized spacial score (nSPS) is 27.6. The van der Waals surface area contributed by atoms with Crippen molar-refractivity contribution in [2.45, 2.75) is 24.2 Å². The number of carbonyl (C=O) groups excluding carboxylic acids is 4. The molecule has 1 heterocycles. The van der Waals surface area contributed by atoms with Gasteiger partial charge in [0, 0.05) is 33.5 Å².